The summed E-state index contributed by atoms with van der Waals surface area (Å²) in [6.07, 6.45) is 0.774. The van der Waals surface area contributed by atoms with E-state index in [-0.39, 0.29) is 11.8 Å². The number of aryl methyl sites for hydroxylation is 2. The van der Waals surface area contributed by atoms with Crippen molar-refractivity contribution in [2.24, 2.45) is 0 Å². The highest BCUT2D eigenvalue weighted by molar-refractivity contribution is 6.03. The summed E-state index contributed by atoms with van der Waals surface area (Å²) in [7, 11) is 0. The summed E-state index contributed by atoms with van der Waals surface area (Å²) >= 11 is 0. The molecule has 3 rings (SSSR count). The Labute approximate surface area is 113 Å². The van der Waals surface area contributed by atoms with Crippen LogP contribution >= 0.6 is 0 Å². The molecule has 1 aliphatic heterocycles. The maximum atomic E-state index is 12.1. The summed E-state index contributed by atoms with van der Waals surface area (Å²) in [6, 6.07) is 14.4. The van der Waals surface area contributed by atoms with Gasteiger partial charge in [-0.1, -0.05) is 42.0 Å². The van der Waals surface area contributed by atoms with E-state index in [1.54, 1.807) is 0 Å². The van der Waals surface area contributed by atoms with E-state index in [9.17, 15) is 4.79 Å². The monoisotopic (exact) mass is 251 g/mol. The van der Waals surface area contributed by atoms with Crippen molar-refractivity contribution in [3.8, 4) is 0 Å². The number of nitrogens with one attached hydrogen (secondary N) is 1. The first-order valence-electron chi connectivity index (χ1n) is 6.61. The molecule has 0 spiro atoms. The van der Waals surface area contributed by atoms with Gasteiger partial charge < -0.3 is 5.32 Å². The summed E-state index contributed by atoms with van der Waals surface area (Å²) in [5.74, 6) is 0.0545. The molecule has 1 aliphatic rings. The van der Waals surface area contributed by atoms with Crippen LogP contribution in [0.5, 0.6) is 0 Å². The third kappa shape index (κ3) is 2.14. The summed E-state index contributed by atoms with van der Waals surface area (Å²) in [6.45, 7) is 4.19. The number of carbonyl (C=O) groups is 1. The lowest BCUT2D eigenvalue weighted by atomic mass is 9.90. The largest absolute Gasteiger partial charge is 0.325 e. The number of benzene rings is 2. The number of para-hydroxylation sites is 1. The number of anilines is 1. The third-order valence-electron chi connectivity index (χ3n) is 3.84. The van der Waals surface area contributed by atoms with E-state index in [0.717, 1.165) is 17.7 Å². The number of carbonyl (C=O) groups excluding carboxylic acids is 1. The molecule has 19 heavy (non-hydrogen) atoms. The van der Waals surface area contributed by atoms with Gasteiger partial charge in [0.15, 0.2) is 0 Å². The zero-order valence-corrected chi connectivity index (χ0v) is 11.2. The Morgan fingerprint density at radius 2 is 1.89 bits per heavy atom. The van der Waals surface area contributed by atoms with Crippen molar-refractivity contribution in [1.29, 1.82) is 0 Å². The highest BCUT2D eigenvalue weighted by atomic mass is 16.2. The second-order valence-corrected chi connectivity index (χ2v) is 5.26. The van der Waals surface area contributed by atoms with Gasteiger partial charge in [0.2, 0.25) is 5.91 Å². The fourth-order valence-corrected chi connectivity index (χ4v) is 2.72. The van der Waals surface area contributed by atoms with Crippen molar-refractivity contribution >= 4 is 11.6 Å². The van der Waals surface area contributed by atoms with Crippen molar-refractivity contribution in [1.82, 2.24) is 0 Å². The third-order valence-corrected chi connectivity index (χ3v) is 3.84. The van der Waals surface area contributed by atoms with Crippen LogP contribution < -0.4 is 5.32 Å². The zero-order valence-electron chi connectivity index (χ0n) is 11.2. The Morgan fingerprint density at radius 1 is 1.11 bits per heavy atom. The molecule has 1 amide bonds. The first-order chi connectivity index (χ1) is 9.15. The molecule has 0 fully saturated rings. The molecule has 0 saturated carbocycles. The van der Waals surface area contributed by atoms with E-state index in [1.807, 2.05) is 24.3 Å². The predicted molar refractivity (Wildman–Crippen MR) is 77.4 cm³/mol. The Morgan fingerprint density at radius 3 is 2.74 bits per heavy atom. The highest BCUT2D eigenvalue weighted by Crippen LogP contribution is 2.35. The van der Waals surface area contributed by atoms with E-state index in [4.69, 9.17) is 0 Å². The Bertz CT molecular complexity index is 645. The molecular formula is C17H17NO. The Hall–Kier alpha value is -2.09. The predicted octanol–water partition coefficient (Wildman–Crippen LogP) is 3.58. The molecule has 1 N–H and O–H groups in total. The van der Waals surface area contributed by atoms with Crippen molar-refractivity contribution < 1.29 is 4.79 Å². The number of fused-ring (bicyclic) bond motifs is 1. The van der Waals surface area contributed by atoms with Crippen molar-refractivity contribution in [3.63, 3.8) is 0 Å². The van der Waals surface area contributed by atoms with Crippen molar-refractivity contribution in [2.45, 2.75) is 26.2 Å². The van der Waals surface area contributed by atoms with Crippen LogP contribution in [0.1, 0.15) is 28.2 Å². The maximum Gasteiger partial charge on any atom is 0.232 e. The van der Waals surface area contributed by atoms with E-state index in [2.05, 4.69) is 37.4 Å². The van der Waals surface area contributed by atoms with Gasteiger partial charge in [-0.05, 0) is 43.0 Å². The molecule has 1 unspecified atom stereocenters. The number of hydrogen-bond donors (Lipinski definition) is 1. The molecule has 0 aliphatic carbocycles. The maximum absolute atomic E-state index is 12.1. The minimum Gasteiger partial charge on any atom is -0.325 e. The van der Waals surface area contributed by atoms with Crippen LogP contribution in [0.4, 0.5) is 5.69 Å². The molecule has 0 saturated heterocycles. The smallest absolute Gasteiger partial charge is 0.232 e. The van der Waals surface area contributed by atoms with Crippen molar-refractivity contribution in [3.05, 3.63) is 64.7 Å². The SMILES string of the molecule is Cc1ccc(C)c(CC2C(=O)Nc3ccccc32)c1. The number of hydrogen-bond acceptors (Lipinski definition) is 1. The van der Waals surface area contributed by atoms with Crippen LogP contribution in [-0.2, 0) is 11.2 Å². The highest BCUT2D eigenvalue weighted by Gasteiger charge is 2.30. The summed E-state index contributed by atoms with van der Waals surface area (Å²) in [5.41, 5.74) is 5.84. The Kier molecular flexibility index (Phi) is 2.86. The lowest BCUT2D eigenvalue weighted by Gasteiger charge is -2.12. The molecule has 1 atom stereocenters. The lowest BCUT2D eigenvalue weighted by Crippen LogP contribution is -2.14. The number of rotatable bonds is 2. The molecule has 1 heterocycles. The summed E-state index contributed by atoms with van der Waals surface area (Å²) in [4.78, 5) is 12.1. The minimum atomic E-state index is -0.0586. The average molecular weight is 251 g/mol. The van der Waals surface area contributed by atoms with Crippen molar-refractivity contribution in [2.75, 3.05) is 5.32 Å². The first kappa shape index (κ1) is 12.0. The van der Waals surface area contributed by atoms with Gasteiger partial charge in [-0.3, -0.25) is 4.79 Å². The molecule has 0 radical (unpaired) electrons. The van der Waals surface area contributed by atoms with Gasteiger partial charge in [0, 0.05) is 5.69 Å². The van der Waals surface area contributed by atoms with Crippen LogP contribution in [0.3, 0.4) is 0 Å². The topological polar surface area (TPSA) is 29.1 Å². The van der Waals surface area contributed by atoms with Gasteiger partial charge in [0.1, 0.15) is 0 Å². The van der Waals surface area contributed by atoms with Gasteiger partial charge in [-0.25, -0.2) is 0 Å². The lowest BCUT2D eigenvalue weighted by molar-refractivity contribution is -0.117. The van der Waals surface area contributed by atoms with E-state index < -0.39 is 0 Å². The van der Waals surface area contributed by atoms with Crippen LogP contribution in [-0.4, -0.2) is 5.91 Å². The van der Waals surface area contributed by atoms with E-state index in [0.29, 0.717) is 0 Å². The first-order valence-corrected chi connectivity index (χ1v) is 6.61. The molecule has 96 valence electrons. The van der Waals surface area contributed by atoms with Crippen LogP contribution in [0.2, 0.25) is 0 Å². The average Bonchev–Trinajstić information content (AvgIpc) is 2.71. The molecule has 2 heteroatoms. The quantitative estimate of drug-likeness (QED) is 0.868. The normalized spacial score (nSPS) is 17.2. The number of amides is 1. The molecular weight excluding hydrogens is 234 g/mol. The van der Waals surface area contributed by atoms with Crippen LogP contribution in [0.15, 0.2) is 42.5 Å². The molecule has 2 nitrogen and oxygen atoms in total. The van der Waals surface area contributed by atoms with Gasteiger partial charge in [0.05, 0.1) is 5.92 Å². The van der Waals surface area contributed by atoms with Gasteiger partial charge in [-0.2, -0.15) is 0 Å². The molecule has 0 aromatic heterocycles. The van der Waals surface area contributed by atoms with Gasteiger partial charge in [-0.15, -0.1) is 0 Å². The molecule has 2 aromatic carbocycles. The summed E-state index contributed by atoms with van der Waals surface area (Å²) < 4.78 is 0. The standard InChI is InChI=1S/C17H17NO/c1-11-7-8-12(2)13(9-11)10-15-14-5-3-4-6-16(14)18-17(15)19/h3-9,15H,10H2,1-2H3,(H,18,19). The fourth-order valence-electron chi connectivity index (χ4n) is 2.72. The fraction of sp³-hybridized carbons (Fsp3) is 0.235. The van der Waals surface area contributed by atoms with Crippen LogP contribution in [0.25, 0.3) is 0 Å². The van der Waals surface area contributed by atoms with Gasteiger partial charge in [0.25, 0.3) is 0 Å². The zero-order chi connectivity index (χ0) is 13.4. The molecule has 0 bridgehead atoms. The minimum absolute atomic E-state index is 0.0586. The van der Waals surface area contributed by atoms with Crippen LogP contribution in [0, 0.1) is 13.8 Å². The summed E-state index contributed by atoms with van der Waals surface area (Å²) in [5, 5.41) is 2.96. The second kappa shape index (κ2) is 4.54. The Balaban J connectivity index is 1.95. The van der Waals surface area contributed by atoms with Gasteiger partial charge >= 0.3 is 0 Å². The molecule has 2 aromatic rings. The second-order valence-electron chi connectivity index (χ2n) is 5.26. The van der Waals surface area contributed by atoms with E-state index >= 15 is 0 Å². The van der Waals surface area contributed by atoms with E-state index in [1.165, 1.54) is 16.7 Å².